The monoisotopic (exact) mass is 704 g/mol. The highest BCUT2D eigenvalue weighted by Crippen LogP contribution is 2.38. The highest BCUT2D eigenvalue weighted by molar-refractivity contribution is 6.10. The zero-order chi connectivity index (χ0) is 36.6. The summed E-state index contributed by atoms with van der Waals surface area (Å²) >= 11 is 0. The van der Waals surface area contributed by atoms with E-state index in [-0.39, 0.29) is 0 Å². The van der Waals surface area contributed by atoms with Gasteiger partial charge in [0.15, 0.2) is 23.1 Å². The van der Waals surface area contributed by atoms with E-state index in [2.05, 4.69) is 140 Å². The van der Waals surface area contributed by atoms with E-state index in [0.29, 0.717) is 28.9 Å². The van der Waals surface area contributed by atoms with Crippen LogP contribution in [0.4, 0.5) is 0 Å². The number of aromatic nitrogens is 4. The lowest BCUT2D eigenvalue weighted by atomic mass is 9.93. The van der Waals surface area contributed by atoms with Gasteiger partial charge < -0.3 is 4.42 Å². The van der Waals surface area contributed by atoms with Crippen molar-refractivity contribution in [3.63, 3.8) is 0 Å². The Balaban J connectivity index is 1.18. The summed E-state index contributed by atoms with van der Waals surface area (Å²) in [5.74, 6) is 2.28. The first-order chi connectivity index (χ1) is 27.2. The van der Waals surface area contributed by atoms with Crippen LogP contribution in [0.3, 0.4) is 0 Å². The number of rotatable bonds is 7. The minimum absolute atomic E-state index is 0.552. The first-order valence-corrected chi connectivity index (χ1v) is 18.3. The molecule has 0 atom stereocenters. The molecule has 0 saturated carbocycles. The van der Waals surface area contributed by atoms with Crippen LogP contribution in [0.2, 0.25) is 0 Å². The van der Waals surface area contributed by atoms with Crippen LogP contribution in [0.25, 0.3) is 101 Å². The molecular weight excluding hydrogens is 673 g/mol. The van der Waals surface area contributed by atoms with Crippen LogP contribution in [0, 0.1) is 0 Å². The van der Waals surface area contributed by atoms with Crippen LogP contribution in [-0.4, -0.2) is 19.9 Å². The highest BCUT2D eigenvalue weighted by atomic mass is 16.3. The van der Waals surface area contributed by atoms with E-state index in [0.717, 1.165) is 71.9 Å². The minimum atomic E-state index is 0.552. The summed E-state index contributed by atoms with van der Waals surface area (Å²) in [6.45, 7) is 0. The molecule has 2 heterocycles. The second kappa shape index (κ2) is 13.8. The lowest BCUT2D eigenvalue weighted by Crippen LogP contribution is -2.01. The van der Waals surface area contributed by atoms with Crippen molar-refractivity contribution in [2.24, 2.45) is 0 Å². The molecule has 10 aromatic rings. The maximum atomic E-state index is 6.55. The fourth-order valence-electron chi connectivity index (χ4n) is 7.30. The van der Waals surface area contributed by atoms with Gasteiger partial charge in [0, 0.05) is 27.6 Å². The number of nitrogens with zero attached hydrogens (tertiary/aromatic N) is 4. The lowest BCUT2D eigenvalue weighted by molar-refractivity contribution is 0.623. The van der Waals surface area contributed by atoms with Crippen molar-refractivity contribution in [2.45, 2.75) is 0 Å². The zero-order valence-electron chi connectivity index (χ0n) is 29.7. The third-order valence-corrected chi connectivity index (χ3v) is 9.97. The molecule has 0 fully saturated rings. The molecular formula is C50H32N4O. The number of benzene rings is 8. The fraction of sp³-hybridized carbons (Fsp3) is 0. The molecule has 258 valence electrons. The Morgan fingerprint density at radius 2 is 0.800 bits per heavy atom. The van der Waals surface area contributed by atoms with Gasteiger partial charge in [0.25, 0.3) is 0 Å². The zero-order valence-corrected chi connectivity index (χ0v) is 29.7. The quantitative estimate of drug-likeness (QED) is 0.165. The Kier molecular flexibility index (Phi) is 8.08. The van der Waals surface area contributed by atoms with Crippen molar-refractivity contribution in [3.8, 4) is 79.0 Å². The number of fused-ring (bicyclic) bond motifs is 3. The Hall–Kier alpha value is -7.50. The summed E-state index contributed by atoms with van der Waals surface area (Å²) in [6, 6.07) is 66.5. The molecule has 0 amide bonds. The molecule has 2 aromatic heterocycles. The molecule has 0 spiro atoms. The number of hydrogen-bond donors (Lipinski definition) is 0. The Labute approximate surface area is 318 Å². The van der Waals surface area contributed by atoms with Gasteiger partial charge in [-0.2, -0.15) is 0 Å². The van der Waals surface area contributed by atoms with Crippen LogP contribution >= 0.6 is 0 Å². The molecule has 0 aliphatic rings. The second-order valence-electron chi connectivity index (χ2n) is 13.4. The second-order valence-corrected chi connectivity index (χ2v) is 13.4. The van der Waals surface area contributed by atoms with Gasteiger partial charge in [-0.05, 0) is 69.1 Å². The van der Waals surface area contributed by atoms with E-state index in [1.165, 1.54) is 0 Å². The third kappa shape index (κ3) is 6.14. The molecule has 5 heteroatoms. The molecule has 0 N–H and O–H groups in total. The van der Waals surface area contributed by atoms with E-state index in [9.17, 15) is 0 Å². The van der Waals surface area contributed by atoms with Crippen LogP contribution < -0.4 is 0 Å². The average molecular weight is 705 g/mol. The van der Waals surface area contributed by atoms with Gasteiger partial charge in [-0.1, -0.05) is 164 Å². The Morgan fingerprint density at radius 1 is 0.309 bits per heavy atom. The smallest absolute Gasteiger partial charge is 0.227 e. The van der Waals surface area contributed by atoms with E-state index in [1.54, 1.807) is 0 Å². The van der Waals surface area contributed by atoms with Gasteiger partial charge in [0.1, 0.15) is 5.52 Å². The maximum absolute atomic E-state index is 6.55. The van der Waals surface area contributed by atoms with Gasteiger partial charge in [-0.15, -0.1) is 0 Å². The predicted molar refractivity (Wildman–Crippen MR) is 223 cm³/mol. The van der Waals surface area contributed by atoms with E-state index in [1.807, 2.05) is 54.6 Å². The molecule has 55 heavy (non-hydrogen) atoms. The standard InChI is InChI=1S/C50H32N4O/c1-4-15-33(16-5-1)37-22-12-24-39(31-37)47-52-48(40-25-13-23-38(32-40)42-27-11-10-26-41(42)34-17-6-2-7-18-34)54-49(53-47)43-28-14-21-35-29-30-44-46(45(35)43)55-50(51-44)36-19-8-3-9-20-36/h1-32H. The molecule has 10 rings (SSSR count). The van der Waals surface area contributed by atoms with Gasteiger partial charge >= 0.3 is 0 Å². The minimum Gasteiger partial charge on any atom is -0.435 e. The third-order valence-electron chi connectivity index (χ3n) is 9.97. The van der Waals surface area contributed by atoms with Crippen molar-refractivity contribution in [1.82, 2.24) is 19.9 Å². The molecule has 0 bridgehead atoms. The Morgan fingerprint density at radius 3 is 1.49 bits per heavy atom. The summed E-state index contributed by atoms with van der Waals surface area (Å²) < 4.78 is 6.55. The van der Waals surface area contributed by atoms with Crippen molar-refractivity contribution >= 4 is 21.9 Å². The molecule has 0 saturated heterocycles. The van der Waals surface area contributed by atoms with Gasteiger partial charge in [0.05, 0.1) is 0 Å². The maximum Gasteiger partial charge on any atom is 0.227 e. The molecule has 0 aliphatic heterocycles. The summed E-state index contributed by atoms with van der Waals surface area (Å²) in [4.78, 5) is 20.5. The van der Waals surface area contributed by atoms with Gasteiger partial charge in [-0.3, -0.25) is 0 Å². The van der Waals surface area contributed by atoms with E-state index in [4.69, 9.17) is 24.4 Å². The van der Waals surface area contributed by atoms with E-state index < -0.39 is 0 Å². The summed E-state index contributed by atoms with van der Waals surface area (Å²) in [7, 11) is 0. The molecule has 0 unspecified atom stereocenters. The molecule has 5 nitrogen and oxygen atoms in total. The largest absolute Gasteiger partial charge is 0.435 e. The summed E-state index contributed by atoms with van der Waals surface area (Å²) in [6.07, 6.45) is 0. The normalized spacial score (nSPS) is 11.3. The molecule has 0 radical (unpaired) electrons. The van der Waals surface area contributed by atoms with E-state index >= 15 is 0 Å². The van der Waals surface area contributed by atoms with Crippen LogP contribution in [0.15, 0.2) is 199 Å². The lowest BCUT2D eigenvalue weighted by Gasteiger charge is -2.13. The van der Waals surface area contributed by atoms with Crippen molar-refractivity contribution in [3.05, 3.63) is 194 Å². The van der Waals surface area contributed by atoms with Crippen LogP contribution in [-0.2, 0) is 0 Å². The highest BCUT2D eigenvalue weighted by Gasteiger charge is 2.19. The molecule has 0 aliphatic carbocycles. The van der Waals surface area contributed by atoms with Crippen molar-refractivity contribution in [2.75, 3.05) is 0 Å². The number of hydrogen-bond acceptors (Lipinski definition) is 5. The first kappa shape index (κ1) is 32.2. The predicted octanol–water partition coefficient (Wildman–Crippen LogP) is 12.8. The fourth-order valence-corrected chi connectivity index (χ4v) is 7.30. The first-order valence-electron chi connectivity index (χ1n) is 18.3. The SMILES string of the molecule is c1ccc(-c2cccc(-c3nc(-c4cccc(-c5ccccc5-c5ccccc5)c4)nc(-c4cccc5ccc6nc(-c7ccccc7)oc6c45)n3)c2)cc1. The Bertz CT molecular complexity index is 2980. The van der Waals surface area contributed by atoms with Crippen molar-refractivity contribution in [1.29, 1.82) is 0 Å². The van der Waals surface area contributed by atoms with Crippen LogP contribution in [0.1, 0.15) is 0 Å². The average Bonchev–Trinajstić information content (AvgIpc) is 3.72. The summed E-state index contributed by atoms with van der Waals surface area (Å²) in [5.41, 5.74) is 11.8. The summed E-state index contributed by atoms with van der Waals surface area (Å²) in [5, 5.41) is 1.91. The topological polar surface area (TPSA) is 64.7 Å². The number of oxazole rings is 1. The van der Waals surface area contributed by atoms with Gasteiger partial charge in [0.2, 0.25) is 5.89 Å². The molecule has 8 aromatic carbocycles. The van der Waals surface area contributed by atoms with Crippen molar-refractivity contribution < 1.29 is 4.42 Å². The van der Waals surface area contributed by atoms with Gasteiger partial charge in [-0.25, -0.2) is 19.9 Å². The van der Waals surface area contributed by atoms with Crippen LogP contribution in [0.5, 0.6) is 0 Å².